The molecule has 2 atom stereocenters. The molecule has 0 radical (unpaired) electrons. The summed E-state index contributed by atoms with van der Waals surface area (Å²) < 4.78 is 0. The Morgan fingerprint density at radius 3 is 2.95 bits per heavy atom. The van der Waals surface area contributed by atoms with E-state index in [-0.39, 0.29) is 0 Å². The van der Waals surface area contributed by atoms with Gasteiger partial charge in [0.25, 0.3) is 0 Å². The second-order valence-electron chi connectivity index (χ2n) is 5.93. The predicted octanol–water partition coefficient (Wildman–Crippen LogP) is 4.34. The number of hydrogen-bond acceptors (Lipinski definition) is 2. The summed E-state index contributed by atoms with van der Waals surface area (Å²) in [6.07, 6.45) is 16.1. The van der Waals surface area contributed by atoms with E-state index in [1.165, 1.54) is 18.4 Å². The lowest BCUT2D eigenvalue weighted by Crippen LogP contribution is -2.33. The van der Waals surface area contributed by atoms with E-state index in [1.54, 1.807) is 0 Å². The van der Waals surface area contributed by atoms with E-state index in [4.69, 9.17) is 0 Å². The molecule has 0 aromatic carbocycles. The molecule has 1 saturated heterocycles. The summed E-state index contributed by atoms with van der Waals surface area (Å²) in [5.41, 5.74) is 1.35. The van der Waals surface area contributed by atoms with E-state index in [0.29, 0.717) is 5.92 Å². The van der Waals surface area contributed by atoms with E-state index in [2.05, 4.69) is 54.8 Å². The van der Waals surface area contributed by atoms with Gasteiger partial charge in [0.2, 0.25) is 0 Å². The third-order valence-electron chi connectivity index (χ3n) is 4.08. The maximum Gasteiger partial charge on any atom is 0.128 e. The molecule has 1 unspecified atom stereocenters. The van der Waals surface area contributed by atoms with E-state index in [1.807, 2.05) is 12.2 Å². The Balaban J connectivity index is 2.19. The van der Waals surface area contributed by atoms with Gasteiger partial charge in [-0.15, -0.1) is 0 Å². The van der Waals surface area contributed by atoms with Crippen LogP contribution in [-0.2, 0) is 0 Å². The Morgan fingerprint density at radius 1 is 1.35 bits per heavy atom. The van der Waals surface area contributed by atoms with Crippen LogP contribution in [-0.4, -0.2) is 24.2 Å². The van der Waals surface area contributed by atoms with Crippen LogP contribution in [0.5, 0.6) is 0 Å². The highest BCUT2D eigenvalue weighted by Crippen LogP contribution is 2.23. The third kappa shape index (κ3) is 3.96. The summed E-state index contributed by atoms with van der Waals surface area (Å²) >= 11 is 0. The van der Waals surface area contributed by atoms with Gasteiger partial charge in [-0.25, -0.2) is 4.99 Å². The van der Waals surface area contributed by atoms with Crippen LogP contribution in [0.3, 0.4) is 0 Å². The minimum Gasteiger partial charge on any atom is -0.356 e. The van der Waals surface area contributed by atoms with Crippen LogP contribution in [0.25, 0.3) is 0 Å². The van der Waals surface area contributed by atoms with Crippen molar-refractivity contribution in [3.63, 3.8) is 0 Å². The molecule has 0 aromatic heterocycles. The lowest BCUT2D eigenvalue weighted by Gasteiger charge is -2.33. The van der Waals surface area contributed by atoms with Gasteiger partial charge in [-0.1, -0.05) is 44.7 Å². The summed E-state index contributed by atoms with van der Waals surface area (Å²) in [6, 6.07) is 0. The molecule has 0 saturated carbocycles. The van der Waals surface area contributed by atoms with Crippen LogP contribution in [0.2, 0.25) is 0 Å². The lowest BCUT2D eigenvalue weighted by molar-refractivity contribution is 0.227. The first-order valence-corrected chi connectivity index (χ1v) is 7.69. The maximum atomic E-state index is 4.68. The number of aliphatic imine (C=N–C) groups is 1. The molecule has 2 rings (SSSR count). The quantitative estimate of drug-likeness (QED) is 0.697. The number of likely N-dealkylation sites (tertiary alicyclic amines) is 1. The highest BCUT2D eigenvalue weighted by atomic mass is 15.2. The van der Waals surface area contributed by atoms with Crippen molar-refractivity contribution in [1.29, 1.82) is 0 Å². The van der Waals surface area contributed by atoms with Gasteiger partial charge in [0.05, 0.1) is 0 Å². The van der Waals surface area contributed by atoms with Crippen LogP contribution in [0.4, 0.5) is 0 Å². The molecule has 0 N–H and O–H groups in total. The number of rotatable bonds is 3. The van der Waals surface area contributed by atoms with Gasteiger partial charge in [0, 0.05) is 19.3 Å². The van der Waals surface area contributed by atoms with Crippen molar-refractivity contribution in [3.05, 3.63) is 48.4 Å². The van der Waals surface area contributed by atoms with E-state index in [0.717, 1.165) is 31.2 Å². The van der Waals surface area contributed by atoms with Gasteiger partial charge in [-0.2, -0.15) is 0 Å². The fourth-order valence-corrected chi connectivity index (χ4v) is 2.80. The summed E-state index contributed by atoms with van der Waals surface area (Å²) in [5.74, 6) is 2.40. The molecule has 20 heavy (non-hydrogen) atoms. The van der Waals surface area contributed by atoms with Gasteiger partial charge in [0.15, 0.2) is 0 Å². The minimum absolute atomic E-state index is 0.507. The summed E-state index contributed by atoms with van der Waals surface area (Å²) in [6.45, 7) is 10.6. The molecule has 0 amide bonds. The number of nitrogens with zero attached hydrogens (tertiary/aromatic N) is 2. The molecule has 2 aliphatic rings. The van der Waals surface area contributed by atoms with Crippen molar-refractivity contribution in [2.45, 2.75) is 33.1 Å². The first kappa shape index (κ1) is 14.8. The molecular formula is C18H26N2. The zero-order valence-electron chi connectivity index (χ0n) is 12.8. The molecule has 0 spiro atoms. The van der Waals surface area contributed by atoms with Crippen LogP contribution < -0.4 is 0 Å². The first-order valence-electron chi connectivity index (χ1n) is 7.69. The van der Waals surface area contributed by atoms with Gasteiger partial charge in [-0.05, 0) is 42.7 Å². The largest absolute Gasteiger partial charge is 0.356 e. The van der Waals surface area contributed by atoms with Crippen molar-refractivity contribution < 1.29 is 0 Å². The van der Waals surface area contributed by atoms with E-state index >= 15 is 0 Å². The molecule has 2 aliphatic heterocycles. The Hall–Kier alpha value is -1.57. The standard InChI is InChI=1S/C18H26N2/c1-4-5-8-17-9-10-18(19-12-11-16(17)3)20-13-6-7-15(2)14-20/h4-5,8-10,12,15-16H,1,6-7,11,13-14H2,2-3H3/b8-5+,17-9-,18-10+,19-12+/t15-,16?/m0/s1. The van der Waals surface area contributed by atoms with Crippen molar-refractivity contribution in [3.8, 4) is 0 Å². The van der Waals surface area contributed by atoms with Gasteiger partial charge < -0.3 is 4.90 Å². The van der Waals surface area contributed by atoms with Crippen LogP contribution in [0, 0.1) is 11.8 Å². The Kier molecular flexibility index (Phi) is 5.40. The summed E-state index contributed by atoms with van der Waals surface area (Å²) in [5, 5.41) is 0. The molecule has 2 heteroatoms. The SMILES string of the molecule is C=C/C=C/C1=C/C=C(N2CCC[C@H](C)C2)\N=C\CC1C. The summed E-state index contributed by atoms with van der Waals surface area (Å²) in [4.78, 5) is 7.10. The van der Waals surface area contributed by atoms with Crippen LogP contribution in [0.15, 0.2) is 53.3 Å². The molecule has 0 aliphatic carbocycles. The average Bonchev–Trinajstić information content (AvgIpc) is 2.42. The molecule has 2 nitrogen and oxygen atoms in total. The second-order valence-corrected chi connectivity index (χ2v) is 5.93. The van der Waals surface area contributed by atoms with Crippen LogP contribution >= 0.6 is 0 Å². The van der Waals surface area contributed by atoms with Crippen molar-refractivity contribution >= 4 is 6.21 Å². The fourth-order valence-electron chi connectivity index (χ4n) is 2.80. The molecular weight excluding hydrogens is 244 g/mol. The smallest absolute Gasteiger partial charge is 0.128 e. The third-order valence-corrected chi connectivity index (χ3v) is 4.08. The summed E-state index contributed by atoms with van der Waals surface area (Å²) in [7, 11) is 0. The predicted molar refractivity (Wildman–Crippen MR) is 87.7 cm³/mol. The zero-order chi connectivity index (χ0) is 14.4. The van der Waals surface area contributed by atoms with Crippen molar-refractivity contribution in [1.82, 2.24) is 4.90 Å². The topological polar surface area (TPSA) is 15.6 Å². The number of allylic oxidation sites excluding steroid dienone is 6. The Bertz CT molecular complexity index is 454. The molecule has 0 aromatic rings. The van der Waals surface area contributed by atoms with E-state index < -0.39 is 0 Å². The Labute approximate surface area is 123 Å². The highest BCUT2D eigenvalue weighted by molar-refractivity contribution is 5.61. The molecule has 1 fully saturated rings. The average molecular weight is 270 g/mol. The minimum atomic E-state index is 0.507. The zero-order valence-corrected chi connectivity index (χ0v) is 12.8. The van der Waals surface area contributed by atoms with Gasteiger partial charge in [-0.3, -0.25) is 0 Å². The maximum absolute atomic E-state index is 4.68. The molecule has 0 bridgehead atoms. The first-order chi connectivity index (χ1) is 9.70. The van der Waals surface area contributed by atoms with Gasteiger partial charge in [0.1, 0.15) is 5.82 Å². The van der Waals surface area contributed by atoms with Crippen molar-refractivity contribution in [2.75, 3.05) is 13.1 Å². The second kappa shape index (κ2) is 7.28. The van der Waals surface area contributed by atoms with Gasteiger partial charge >= 0.3 is 0 Å². The van der Waals surface area contributed by atoms with Crippen molar-refractivity contribution in [2.24, 2.45) is 16.8 Å². The van der Waals surface area contributed by atoms with Crippen LogP contribution in [0.1, 0.15) is 33.1 Å². The number of hydrogen-bond donors (Lipinski definition) is 0. The highest BCUT2D eigenvalue weighted by Gasteiger charge is 2.18. The molecule has 108 valence electrons. The lowest BCUT2D eigenvalue weighted by atomic mass is 9.96. The molecule has 2 heterocycles. The van der Waals surface area contributed by atoms with E-state index in [9.17, 15) is 0 Å². The normalized spacial score (nSPS) is 34.6. The monoisotopic (exact) mass is 270 g/mol. The fraction of sp³-hybridized carbons (Fsp3) is 0.500. The number of piperidine rings is 1. The Morgan fingerprint density at radius 2 is 2.20 bits per heavy atom.